The first-order chi connectivity index (χ1) is 7.72. The predicted octanol–water partition coefficient (Wildman–Crippen LogP) is 2.07. The van der Waals surface area contributed by atoms with Crippen LogP contribution in [0.1, 0.15) is 32.1 Å². The molecule has 0 saturated carbocycles. The Morgan fingerprint density at radius 3 is 3.00 bits per heavy atom. The minimum Gasteiger partial charge on any atom is -0.392 e. The van der Waals surface area contributed by atoms with Gasteiger partial charge in [0.1, 0.15) is 5.69 Å². The SMILES string of the molecule is CCC(O)C(C)c1nc(-c2cscn2)no1. The van der Waals surface area contributed by atoms with Crippen LogP contribution in [0.3, 0.4) is 0 Å². The van der Waals surface area contributed by atoms with E-state index in [-0.39, 0.29) is 5.92 Å². The summed E-state index contributed by atoms with van der Waals surface area (Å²) in [6.07, 6.45) is 0.207. The highest BCUT2D eigenvalue weighted by molar-refractivity contribution is 7.07. The van der Waals surface area contributed by atoms with E-state index < -0.39 is 6.10 Å². The van der Waals surface area contributed by atoms with Crippen molar-refractivity contribution in [3.63, 3.8) is 0 Å². The van der Waals surface area contributed by atoms with E-state index in [9.17, 15) is 5.11 Å². The molecule has 6 heteroatoms. The molecule has 2 rings (SSSR count). The van der Waals surface area contributed by atoms with E-state index in [1.54, 1.807) is 5.51 Å². The molecule has 86 valence electrons. The predicted molar refractivity (Wildman–Crippen MR) is 60.1 cm³/mol. The van der Waals surface area contributed by atoms with Crippen LogP contribution in [-0.4, -0.2) is 26.3 Å². The molecule has 0 spiro atoms. The van der Waals surface area contributed by atoms with Crippen LogP contribution in [-0.2, 0) is 0 Å². The van der Waals surface area contributed by atoms with Crippen molar-refractivity contribution in [1.82, 2.24) is 15.1 Å². The maximum absolute atomic E-state index is 9.68. The zero-order valence-electron chi connectivity index (χ0n) is 9.12. The molecule has 0 aromatic carbocycles. The number of aliphatic hydroxyl groups excluding tert-OH is 1. The average molecular weight is 239 g/mol. The number of rotatable bonds is 4. The molecule has 0 aliphatic rings. The Kier molecular flexibility index (Phi) is 3.31. The minimum absolute atomic E-state index is 0.148. The van der Waals surface area contributed by atoms with Gasteiger partial charge in [-0.05, 0) is 6.42 Å². The lowest BCUT2D eigenvalue weighted by atomic mass is 10.0. The van der Waals surface area contributed by atoms with Crippen molar-refractivity contribution in [2.75, 3.05) is 0 Å². The first kappa shape index (κ1) is 11.2. The van der Waals surface area contributed by atoms with E-state index in [1.165, 1.54) is 11.3 Å². The highest BCUT2D eigenvalue weighted by Gasteiger charge is 2.21. The second kappa shape index (κ2) is 4.71. The van der Waals surface area contributed by atoms with Gasteiger partial charge in [-0.1, -0.05) is 19.0 Å². The van der Waals surface area contributed by atoms with E-state index in [0.29, 0.717) is 23.8 Å². The third kappa shape index (κ3) is 2.12. The fraction of sp³-hybridized carbons (Fsp3) is 0.500. The summed E-state index contributed by atoms with van der Waals surface area (Å²) in [4.78, 5) is 8.32. The van der Waals surface area contributed by atoms with E-state index in [4.69, 9.17) is 4.52 Å². The summed E-state index contributed by atoms with van der Waals surface area (Å²) in [5.41, 5.74) is 2.42. The molecule has 2 aromatic heterocycles. The van der Waals surface area contributed by atoms with E-state index >= 15 is 0 Å². The number of hydrogen-bond donors (Lipinski definition) is 1. The fourth-order valence-electron chi connectivity index (χ4n) is 1.37. The molecular weight excluding hydrogens is 226 g/mol. The zero-order chi connectivity index (χ0) is 11.5. The molecule has 2 aromatic rings. The van der Waals surface area contributed by atoms with Crippen LogP contribution >= 0.6 is 11.3 Å². The van der Waals surface area contributed by atoms with Crippen LogP contribution in [0, 0.1) is 0 Å². The first-order valence-electron chi connectivity index (χ1n) is 5.12. The van der Waals surface area contributed by atoms with Crippen LogP contribution in [0.2, 0.25) is 0 Å². The van der Waals surface area contributed by atoms with Crippen molar-refractivity contribution in [2.24, 2.45) is 0 Å². The van der Waals surface area contributed by atoms with Gasteiger partial charge in [-0.3, -0.25) is 0 Å². The number of thiazole rings is 1. The standard InChI is InChI=1S/C10H13N3O2S/c1-3-8(14)6(2)10-12-9(13-15-10)7-4-16-5-11-7/h4-6,8,14H,3H2,1-2H3. The minimum atomic E-state index is -0.455. The fourth-order valence-corrected chi connectivity index (χ4v) is 1.90. The molecule has 0 saturated heterocycles. The van der Waals surface area contributed by atoms with Crippen molar-refractivity contribution < 1.29 is 9.63 Å². The molecule has 2 atom stereocenters. The number of hydrogen-bond acceptors (Lipinski definition) is 6. The second-order valence-corrected chi connectivity index (χ2v) is 4.31. The molecule has 0 fully saturated rings. The number of nitrogens with zero attached hydrogens (tertiary/aromatic N) is 3. The van der Waals surface area contributed by atoms with Gasteiger partial charge >= 0.3 is 0 Å². The first-order valence-corrected chi connectivity index (χ1v) is 6.07. The third-order valence-corrected chi connectivity index (χ3v) is 3.07. The van der Waals surface area contributed by atoms with Gasteiger partial charge in [0.05, 0.1) is 17.5 Å². The molecule has 0 aliphatic carbocycles. The van der Waals surface area contributed by atoms with Gasteiger partial charge in [0.25, 0.3) is 0 Å². The van der Waals surface area contributed by atoms with E-state index in [2.05, 4.69) is 15.1 Å². The van der Waals surface area contributed by atoms with Gasteiger partial charge in [-0.15, -0.1) is 11.3 Å². The molecular formula is C10H13N3O2S. The molecule has 1 N–H and O–H groups in total. The van der Waals surface area contributed by atoms with Crippen LogP contribution in [0.5, 0.6) is 0 Å². The monoisotopic (exact) mass is 239 g/mol. The van der Waals surface area contributed by atoms with E-state index in [1.807, 2.05) is 19.2 Å². The van der Waals surface area contributed by atoms with Crippen molar-refractivity contribution in [3.8, 4) is 11.5 Å². The summed E-state index contributed by atoms with van der Waals surface area (Å²) < 4.78 is 5.12. The van der Waals surface area contributed by atoms with Gasteiger partial charge in [-0.25, -0.2) is 4.98 Å². The summed E-state index contributed by atoms with van der Waals surface area (Å²) in [5, 5.41) is 15.4. The third-order valence-electron chi connectivity index (χ3n) is 2.49. The van der Waals surface area contributed by atoms with Gasteiger partial charge in [0, 0.05) is 5.38 Å². The molecule has 0 radical (unpaired) electrons. The summed E-state index contributed by atoms with van der Waals surface area (Å²) in [6.45, 7) is 3.78. The summed E-state index contributed by atoms with van der Waals surface area (Å²) in [5.74, 6) is 0.786. The summed E-state index contributed by atoms with van der Waals surface area (Å²) in [7, 11) is 0. The van der Waals surface area contributed by atoms with Crippen LogP contribution in [0.15, 0.2) is 15.4 Å². The smallest absolute Gasteiger partial charge is 0.232 e. The average Bonchev–Trinajstić information content (AvgIpc) is 2.96. The van der Waals surface area contributed by atoms with Crippen LogP contribution < -0.4 is 0 Å². The molecule has 0 amide bonds. The summed E-state index contributed by atoms with van der Waals surface area (Å²) >= 11 is 1.48. The summed E-state index contributed by atoms with van der Waals surface area (Å²) in [6, 6.07) is 0. The molecule has 16 heavy (non-hydrogen) atoms. The Balaban J connectivity index is 2.20. The lowest BCUT2D eigenvalue weighted by Crippen LogP contribution is -2.14. The number of aromatic nitrogens is 3. The quantitative estimate of drug-likeness (QED) is 0.884. The van der Waals surface area contributed by atoms with Crippen molar-refractivity contribution in [1.29, 1.82) is 0 Å². The van der Waals surface area contributed by atoms with Crippen molar-refractivity contribution in [2.45, 2.75) is 32.3 Å². The highest BCUT2D eigenvalue weighted by Crippen LogP contribution is 2.22. The van der Waals surface area contributed by atoms with Crippen molar-refractivity contribution in [3.05, 3.63) is 16.8 Å². The van der Waals surface area contributed by atoms with Gasteiger partial charge in [0.15, 0.2) is 0 Å². The number of aliphatic hydroxyl groups is 1. The Bertz CT molecular complexity index is 441. The van der Waals surface area contributed by atoms with Crippen LogP contribution in [0.25, 0.3) is 11.5 Å². The van der Waals surface area contributed by atoms with E-state index in [0.717, 1.165) is 0 Å². The Labute approximate surface area is 97.2 Å². The lowest BCUT2D eigenvalue weighted by molar-refractivity contribution is 0.129. The Hall–Kier alpha value is -1.27. The normalized spacial score (nSPS) is 14.9. The zero-order valence-corrected chi connectivity index (χ0v) is 9.94. The largest absolute Gasteiger partial charge is 0.392 e. The maximum Gasteiger partial charge on any atom is 0.232 e. The van der Waals surface area contributed by atoms with Gasteiger partial charge < -0.3 is 9.63 Å². The van der Waals surface area contributed by atoms with Crippen LogP contribution in [0.4, 0.5) is 0 Å². The van der Waals surface area contributed by atoms with Crippen molar-refractivity contribution >= 4 is 11.3 Å². The molecule has 2 unspecified atom stereocenters. The molecule has 2 heterocycles. The second-order valence-electron chi connectivity index (χ2n) is 3.59. The van der Waals surface area contributed by atoms with Gasteiger partial charge in [-0.2, -0.15) is 4.98 Å². The van der Waals surface area contributed by atoms with Gasteiger partial charge in [0.2, 0.25) is 11.7 Å². The Morgan fingerprint density at radius 2 is 2.38 bits per heavy atom. The maximum atomic E-state index is 9.68. The topological polar surface area (TPSA) is 72.0 Å². The molecule has 5 nitrogen and oxygen atoms in total. The lowest BCUT2D eigenvalue weighted by Gasteiger charge is -2.11. The Morgan fingerprint density at radius 1 is 1.56 bits per heavy atom. The molecule has 0 bridgehead atoms. The molecule has 0 aliphatic heterocycles. The highest BCUT2D eigenvalue weighted by atomic mass is 32.1.